The van der Waals surface area contributed by atoms with E-state index in [1.807, 2.05) is 54.6 Å². The zero-order valence-electron chi connectivity index (χ0n) is 14.6. The van der Waals surface area contributed by atoms with Crippen LogP contribution in [0, 0.1) is 5.92 Å². The van der Waals surface area contributed by atoms with E-state index in [2.05, 4.69) is 24.5 Å². The molecule has 1 heterocycles. The highest BCUT2D eigenvalue weighted by Crippen LogP contribution is 2.30. The number of amides is 2. The summed E-state index contributed by atoms with van der Waals surface area (Å²) in [5.41, 5.74) is 1.10. The van der Waals surface area contributed by atoms with Gasteiger partial charge in [0.25, 0.3) is 0 Å². The third-order valence-electron chi connectivity index (χ3n) is 4.17. The summed E-state index contributed by atoms with van der Waals surface area (Å²) in [6.45, 7) is 4.99. The Bertz CT molecular complexity index is 703. The number of benzene rings is 2. The molecule has 0 spiro atoms. The van der Waals surface area contributed by atoms with Crippen LogP contribution in [0.1, 0.15) is 25.5 Å². The smallest absolute Gasteiger partial charge is 0.315 e. The molecule has 5 heteroatoms. The Morgan fingerprint density at radius 2 is 1.76 bits per heavy atom. The normalized spacial score (nSPS) is 17.0. The summed E-state index contributed by atoms with van der Waals surface area (Å²) in [6.07, 6.45) is -0.199. The quantitative estimate of drug-likeness (QED) is 0.875. The predicted octanol–water partition coefficient (Wildman–Crippen LogP) is 3.52. The Morgan fingerprint density at radius 1 is 1.08 bits per heavy atom. The molecule has 0 saturated carbocycles. The van der Waals surface area contributed by atoms with E-state index in [0.29, 0.717) is 18.9 Å². The first kappa shape index (κ1) is 17.1. The van der Waals surface area contributed by atoms with Gasteiger partial charge in [0, 0.05) is 0 Å². The molecule has 2 amide bonds. The molecule has 2 atom stereocenters. The molecule has 0 radical (unpaired) electrons. The lowest BCUT2D eigenvalue weighted by Crippen LogP contribution is -2.46. The standard InChI is InChI=1S/C20H24N2O3/c1-14(2)19(15-8-4-3-5-9-15)22-20(23)21-12-16-13-24-17-10-6-7-11-18(17)25-16/h3-11,14,16,19H,12-13H2,1-2H3,(H2,21,22,23). The van der Waals surface area contributed by atoms with Crippen molar-refractivity contribution in [1.29, 1.82) is 0 Å². The van der Waals surface area contributed by atoms with Crippen molar-refractivity contribution >= 4 is 6.03 Å². The maximum atomic E-state index is 12.3. The Morgan fingerprint density at radius 3 is 2.48 bits per heavy atom. The van der Waals surface area contributed by atoms with Gasteiger partial charge in [-0.15, -0.1) is 0 Å². The molecular formula is C20H24N2O3. The second kappa shape index (κ2) is 7.92. The fourth-order valence-corrected chi connectivity index (χ4v) is 2.86. The van der Waals surface area contributed by atoms with Crippen molar-refractivity contribution < 1.29 is 14.3 Å². The molecular weight excluding hydrogens is 316 g/mol. The molecule has 2 N–H and O–H groups in total. The van der Waals surface area contributed by atoms with Gasteiger partial charge in [-0.25, -0.2) is 4.79 Å². The zero-order valence-corrected chi connectivity index (χ0v) is 14.6. The SMILES string of the molecule is CC(C)C(NC(=O)NCC1COc2ccccc2O1)c1ccccc1. The second-order valence-corrected chi connectivity index (χ2v) is 6.48. The zero-order chi connectivity index (χ0) is 17.6. The number of carbonyl (C=O) groups is 1. The highest BCUT2D eigenvalue weighted by atomic mass is 16.6. The van der Waals surface area contributed by atoms with Crippen molar-refractivity contribution in [3.63, 3.8) is 0 Å². The van der Waals surface area contributed by atoms with Gasteiger partial charge in [-0.2, -0.15) is 0 Å². The fraction of sp³-hybridized carbons (Fsp3) is 0.350. The second-order valence-electron chi connectivity index (χ2n) is 6.48. The Balaban J connectivity index is 1.52. The summed E-state index contributed by atoms with van der Waals surface area (Å²) in [5, 5.41) is 5.93. The Hall–Kier alpha value is -2.69. The van der Waals surface area contributed by atoms with Gasteiger partial charge >= 0.3 is 6.03 Å². The van der Waals surface area contributed by atoms with Gasteiger partial charge in [0.15, 0.2) is 17.6 Å². The summed E-state index contributed by atoms with van der Waals surface area (Å²) >= 11 is 0. The molecule has 25 heavy (non-hydrogen) atoms. The van der Waals surface area contributed by atoms with E-state index in [0.717, 1.165) is 11.3 Å². The van der Waals surface area contributed by atoms with Crippen molar-refractivity contribution in [2.75, 3.05) is 13.2 Å². The van der Waals surface area contributed by atoms with E-state index in [4.69, 9.17) is 9.47 Å². The van der Waals surface area contributed by atoms with E-state index in [9.17, 15) is 4.79 Å². The van der Waals surface area contributed by atoms with Crippen molar-refractivity contribution in [3.8, 4) is 11.5 Å². The summed E-state index contributed by atoms with van der Waals surface area (Å²) in [6, 6.07) is 17.3. The van der Waals surface area contributed by atoms with Gasteiger partial charge in [-0.1, -0.05) is 56.3 Å². The molecule has 3 rings (SSSR count). The van der Waals surface area contributed by atoms with E-state index >= 15 is 0 Å². The first-order chi connectivity index (χ1) is 12.1. The van der Waals surface area contributed by atoms with Crippen molar-refractivity contribution in [2.45, 2.75) is 26.0 Å². The molecule has 0 bridgehead atoms. The minimum Gasteiger partial charge on any atom is -0.486 e. The average Bonchev–Trinajstić information content (AvgIpc) is 2.64. The minimum absolute atomic E-state index is 0.0366. The number of ether oxygens (including phenoxy) is 2. The maximum absolute atomic E-state index is 12.3. The van der Waals surface area contributed by atoms with Crippen LogP contribution in [0.5, 0.6) is 11.5 Å². The molecule has 132 valence electrons. The first-order valence-corrected chi connectivity index (χ1v) is 8.61. The molecule has 0 aromatic heterocycles. The number of para-hydroxylation sites is 2. The fourth-order valence-electron chi connectivity index (χ4n) is 2.86. The van der Waals surface area contributed by atoms with Gasteiger partial charge in [-0.3, -0.25) is 0 Å². The molecule has 2 unspecified atom stereocenters. The van der Waals surface area contributed by atoms with E-state index in [1.54, 1.807) is 0 Å². The molecule has 0 aliphatic carbocycles. The van der Waals surface area contributed by atoms with Gasteiger partial charge in [0.1, 0.15) is 6.61 Å². The number of urea groups is 1. The summed E-state index contributed by atoms with van der Waals surface area (Å²) in [7, 11) is 0. The van der Waals surface area contributed by atoms with Crippen molar-refractivity contribution in [3.05, 3.63) is 60.2 Å². The lowest BCUT2D eigenvalue weighted by atomic mass is 9.96. The predicted molar refractivity (Wildman–Crippen MR) is 96.9 cm³/mol. The molecule has 1 aliphatic heterocycles. The van der Waals surface area contributed by atoms with Crippen LogP contribution in [0.15, 0.2) is 54.6 Å². The number of carbonyl (C=O) groups excluding carboxylic acids is 1. The highest BCUT2D eigenvalue weighted by Gasteiger charge is 2.22. The summed E-state index contributed by atoms with van der Waals surface area (Å²) in [5.74, 6) is 1.74. The topological polar surface area (TPSA) is 59.6 Å². The number of fused-ring (bicyclic) bond motifs is 1. The number of hydrogen-bond donors (Lipinski definition) is 2. The average molecular weight is 340 g/mol. The molecule has 2 aromatic carbocycles. The minimum atomic E-state index is -0.204. The molecule has 0 saturated heterocycles. The van der Waals surface area contributed by atoms with Crippen LogP contribution in [-0.4, -0.2) is 25.3 Å². The van der Waals surface area contributed by atoms with Gasteiger partial charge < -0.3 is 20.1 Å². The van der Waals surface area contributed by atoms with E-state index in [1.165, 1.54) is 0 Å². The van der Waals surface area contributed by atoms with Crippen LogP contribution in [0.4, 0.5) is 4.79 Å². The summed E-state index contributed by atoms with van der Waals surface area (Å²) < 4.78 is 11.5. The number of rotatable bonds is 5. The van der Waals surface area contributed by atoms with Gasteiger partial charge in [0.2, 0.25) is 0 Å². The largest absolute Gasteiger partial charge is 0.486 e. The lowest BCUT2D eigenvalue weighted by molar-refractivity contribution is 0.0916. The molecule has 0 fully saturated rings. The van der Waals surface area contributed by atoms with Crippen LogP contribution in [0.2, 0.25) is 0 Å². The van der Waals surface area contributed by atoms with Crippen LogP contribution < -0.4 is 20.1 Å². The van der Waals surface area contributed by atoms with Gasteiger partial charge in [0.05, 0.1) is 12.6 Å². The van der Waals surface area contributed by atoms with Gasteiger partial charge in [-0.05, 0) is 23.6 Å². The van der Waals surface area contributed by atoms with Crippen LogP contribution in [0.25, 0.3) is 0 Å². The number of hydrogen-bond acceptors (Lipinski definition) is 3. The molecule has 5 nitrogen and oxygen atoms in total. The third-order valence-corrected chi connectivity index (χ3v) is 4.17. The van der Waals surface area contributed by atoms with E-state index < -0.39 is 0 Å². The van der Waals surface area contributed by atoms with E-state index in [-0.39, 0.29) is 24.1 Å². The molecule has 2 aromatic rings. The monoisotopic (exact) mass is 340 g/mol. The highest BCUT2D eigenvalue weighted by molar-refractivity contribution is 5.74. The number of nitrogens with one attached hydrogen (secondary N) is 2. The Labute approximate surface area is 148 Å². The van der Waals surface area contributed by atoms with Crippen molar-refractivity contribution in [2.24, 2.45) is 5.92 Å². The third kappa shape index (κ3) is 4.44. The lowest BCUT2D eigenvalue weighted by Gasteiger charge is -2.27. The molecule has 1 aliphatic rings. The Kier molecular flexibility index (Phi) is 5.43. The van der Waals surface area contributed by atoms with Crippen LogP contribution >= 0.6 is 0 Å². The maximum Gasteiger partial charge on any atom is 0.315 e. The summed E-state index contributed by atoms with van der Waals surface area (Å²) in [4.78, 5) is 12.3. The van der Waals surface area contributed by atoms with Crippen LogP contribution in [0.3, 0.4) is 0 Å². The first-order valence-electron chi connectivity index (χ1n) is 8.61. The van der Waals surface area contributed by atoms with Crippen molar-refractivity contribution in [1.82, 2.24) is 10.6 Å². The van der Waals surface area contributed by atoms with Crippen LogP contribution in [-0.2, 0) is 0 Å².